The van der Waals surface area contributed by atoms with Gasteiger partial charge >= 0.3 is 11.1 Å². The second-order valence-electron chi connectivity index (χ2n) is 5.65. The molecule has 26 heavy (non-hydrogen) atoms. The lowest BCUT2D eigenvalue weighted by atomic mass is 10.2. The molecule has 2 heterocycles. The Kier molecular flexibility index (Phi) is 5.12. The van der Waals surface area contributed by atoms with E-state index in [2.05, 4.69) is 4.72 Å². The molecule has 138 valence electrons. The van der Waals surface area contributed by atoms with Gasteiger partial charge in [-0.15, -0.1) is 11.3 Å². The summed E-state index contributed by atoms with van der Waals surface area (Å²) in [5.74, 6) is 0. The van der Waals surface area contributed by atoms with Crippen LogP contribution in [0.15, 0.2) is 50.2 Å². The van der Waals surface area contributed by atoms with E-state index >= 15 is 0 Å². The molecule has 2 aromatic heterocycles. The van der Waals surface area contributed by atoms with Gasteiger partial charge in [0.2, 0.25) is 10.0 Å². The van der Waals surface area contributed by atoms with E-state index in [4.69, 9.17) is 0 Å². The summed E-state index contributed by atoms with van der Waals surface area (Å²) < 4.78 is 30.5. The highest BCUT2D eigenvalue weighted by atomic mass is 32.2. The van der Waals surface area contributed by atoms with Gasteiger partial charge in [-0.25, -0.2) is 13.1 Å². The van der Waals surface area contributed by atoms with Crippen molar-refractivity contribution < 1.29 is 8.42 Å². The molecule has 3 rings (SSSR count). The first-order valence-corrected chi connectivity index (χ1v) is 10.5. The normalized spacial score (nSPS) is 11.9. The molecule has 0 aliphatic heterocycles. The summed E-state index contributed by atoms with van der Waals surface area (Å²) in [6.45, 7) is 4.32. The Morgan fingerprint density at radius 3 is 2.23 bits per heavy atom. The molecule has 0 atom stereocenters. The predicted molar refractivity (Wildman–Crippen MR) is 102 cm³/mol. The molecule has 0 unspecified atom stereocenters. The van der Waals surface area contributed by atoms with Crippen LogP contribution in [-0.2, 0) is 29.7 Å². The molecule has 7 nitrogen and oxygen atoms in total. The van der Waals surface area contributed by atoms with Crippen molar-refractivity contribution in [3.8, 4) is 0 Å². The average Bonchev–Trinajstić information content (AvgIpc) is 3.15. The van der Waals surface area contributed by atoms with E-state index in [1.165, 1.54) is 32.6 Å². The third kappa shape index (κ3) is 3.25. The molecule has 0 amide bonds. The Balaban J connectivity index is 2.12. The maximum atomic E-state index is 12.6. The fourth-order valence-corrected chi connectivity index (χ4v) is 4.62. The molecule has 1 aromatic carbocycles. The zero-order chi connectivity index (χ0) is 18.9. The molecule has 3 aromatic rings. The number of nitrogens with zero attached hydrogens (tertiary/aromatic N) is 2. The minimum atomic E-state index is -3.74. The predicted octanol–water partition coefficient (Wildman–Crippen LogP) is 1.74. The van der Waals surface area contributed by atoms with Crippen LogP contribution in [-0.4, -0.2) is 17.6 Å². The summed E-state index contributed by atoms with van der Waals surface area (Å²) in [4.78, 5) is 25.5. The van der Waals surface area contributed by atoms with Gasteiger partial charge in [-0.05, 0) is 43.5 Å². The minimum Gasteiger partial charge on any atom is -0.302 e. The van der Waals surface area contributed by atoms with E-state index in [9.17, 15) is 18.0 Å². The maximum absolute atomic E-state index is 12.6. The molecule has 0 bridgehead atoms. The molecule has 0 aliphatic rings. The number of fused-ring (bicyclic) bond motifs is 1. The van der Waals surface area contributed by atoms with Crippen LogP contribution in [0.25, 0.3) is 11.0 Å². The van der Waals surface area contributed by atoms with Gasteiger partial charge in [-0.2, -0.15) is 0 Å². The average molecular weight is 393 g/mol. The van der Waals surface area contributed by atoms with Crippen molar-refractivity contribution in [3.63, 3.8) is 0 Å². The molecular formula is C17H19N3O4S2. The Hall–Kier alpha value is -2.23. The van der Waals surface area contributed by atoms with Crippen LogP contribution in [0, 0.1) is 0 Å². The van der Waals surface area contributed by atoms with Crippen LogP contribution in [0.2, 0.25) is 0 Å². The summed E-state index contributed by atoms with van der Waals surface area (Å²) in [6.07, 6.45) is 0. The van der Waals surface area contributed by atoms with Crippen LogP contribution in [0.1, 0.15) is 18.7 Å². The first-order chi connectivity index (χ1) is 12.4. The molecule has 0 aliphatic carbocycles. The standard InChI is InChI=1S/C17H19N3O4S2/c1-3-19-14-8-7-13(10-15(14)20(4-2)17(22)16(19)21)26(23,24)18-11-12-6-5-9-25-12/h5-10,18H,3-4,11H2,1-2H3. The SMILES string of the molecule is CCn1c(=O)c(=O)n(CC)c2cc(S(=O)(=O)NCc3cccs3)ccc21. The number of hydrogen-bond acceptors (Lipinski definition) is 5. The molecule has 0 fully saturated rings. The third-order valence-corrected chi connectivity index (χ3v) is 6.44. The van der Waals surface area contributed by atoms with Crippen LogP contribution in [0.5, 0.6) is 0 Å². The van der Waals surface area contributed by atoms with Gasteiger partial charge in [0.15, 0.2) is 0 Å². The third-order valence-electron chi connectivity index (χ3n) is 4.16. The van der Waals surface area contributed by atoms with E-state index in [0.29, 0.717) is 17.6 Å². The molecule has 0 spiro atoms. The fourth-order valence-electron chi connectivity index (χ4n) is 2.86. The van der Waals surface area contributed by atoms with E-state index < -0.39 is 21.1 Å². The van der Waals surface area contributed by atoms with E-state index in [1.54, 1.807) is 19.9 Å². The number of aryl methyl sites for hydroxylation is 2. The highest BCUT2D eigenvalue weighted by molar-refractivity contribution is 7.89. The number of rotatable bonds is 6. The zero-order valence-electron chi connectivity index (χ0n) is 14.4. The Bertz CT molecular complexity index is 1160. The number of nitrogens with one attached hydrogen (secondary N) is 1. The smallest absolute Gasteiger partial charge is 0.302 e. The largest absolute Gasteiger partial charge is 0.316 e. The Morgan fingerprint density at radius 1 is 1.00 bits per heavy atom. The van der Waals surface area contributed by atoms with Crippen molar-refractivity contribution in [1.82, 2.24) is 13.9 Å². The topological polar surface area (TPSA) is 90.2 Å². The zero-order valence-corrected chi connectivity index (χ0v) is 16.1. The molecular weight excluding hydrogens is 374 g/mol. The van der Waals surface area contributed by atoms with Crippen LogP contribution < -0.4 is 15.8 Å². The highest BCUT2D eigenvalue weighted by Gasteiger charge is 2.18. The lowest BCUT2D eigenvalue weighted by Crippen LogP contribution is -2.41. The summed E-state index contributed by atoms with van der Waals surface area (Å²) in [5.41, 5.74) is -0.287. The van der Waals surface area contributed by atoms with Gasteiger partial charge in [0.1, 0.15) is 0 Å². The molecule has 0 saturated heterocycles. The van der Waals surface area contributed by atoms with Gasteiger partial charge in [-0.1, -0.05) is 6.07 Å². The van der Waals surface area contributed by atoms with E-state index in [-0.39, 0.29) is 18.0 Å². The number of sulfonamides is 1. The van der Waals surface area contributed by atoms with Crippen LogP contribution in [0.3, 0.4) is 0 Å². The Morgan fingerprint density at radius 2 is 1.65 bits per heavy atom. The monoisotopic (exact) mass is 393 g/mol. The first kappa shape index (κ1) is 18.6. The molecule has 9 heteroatoms. The number of benzene rings is 1. The van der Waals surface area contributed by atoms with Crippen molar-refractivity contribution in [3.05, 3.63) is 61.3 Å². The van der Waals surface area contributed by atoms with Crippen molar-refractivity contribution in [2.75, 3.05) is 0 Å². The van der Waals surface area contributed by atoms with Gasteiger partial charge in [0, 0.05) is 24.5 Å². The van der Waals surface area contributed by atoms with Crippen molar-refractivity contribution in [2.45, 2.75) is 38.4 Å². The molecule has 0 saturated carbocycles. The lowest BCUT2D eigenvalue weighted by molar-refractivity contribution is 0.581. The van der Waals surface area contributed by atoms with Gasteiger partial charge in [0.25, 0.3) is 0 Å². The number of thiophene rings is 1. The van der Waals surface area contributed by atoms with Crippen LogP contribution in [0.4, 0.5) is 0 Å². The summed E-state index contributed by atoms with van der Waals surface area (Å²) in [5, 5.41) is 1.88. The lowest BCUT2D eigenvalue weighted by Gasteiger charge is -2.14. The van der Waals surface area contributed by atoms with Crippen molar-refractivity contribution in [1.29, 1.82) is 0 Å². The van der Waals surface area contributed by atoms with Gasteiger partial charge in [0.05, 0.1) is 15.9 Å². The van der Waals surface area contributed by atoms with E-state index in [1.807, 2.05) is 17.5 Å². The molecule has 0 radical (unpaired) electrons. The van der Waals surface area contributed by atoms with E-state index in [0.717, 1.165) is 4.88 Å². The fraction of sp³-hybridized carbons (Fsp3) is 0.294. The quantitative estimate of drug-likeness (QED) is 0.646. The number of hydrogen-bond donors (Lipinski definition) is 1. The number of aromatic nitrogens is 2. The van der Waals surface area contributed by atoms with Crippen molar-refractivity contribution in [2.24, 2.45) is 0 Å². The second-order valence-corrected chi connectivity index (χ2v) is 8.45. The van der Waals surface area contributed by atoms with Crippen molar-refractivity contribution >= 4 is 32.4 Å². The van der Waals surface area contributed by atoms with Gasteiger partial charge < -0.3 is 9.13 Å². The van der Waals surface area contributed by atoms with Crippen LogP contribution >= 0.6 is 11.3 Å². The maximum Gasteiger partial charge on any atom is 0.316 e. The second kappa shape index (κ2) is 7.18. The molecule has 1 N–H and O–H groups in total. The first-order valence-electron chi connectivity index (χ1n) is 8.18. The summed E-state index contributed by atoms with van der Waals surface area (Å²) in [6, 6.07) is 8.18. The highest BCUT2D eigenvalue weighted by Crippen LogP contribution is 2.18. The summed E-state index contributed by atoms with van der Waals surface area (Å²) >= 11 is 1.47. The minimum absolute atomic E-state index is 0.0597. The Labute approximate surface area is 154 Å². The van der Waals surface area contributed by atoms with Gasteiger partial charge in [-0.3, -0.25) is 9.59 Å². The summed E-state index contributed by atoms with van der Waals surface area (Å²) in [7, 11) is -3.74.